The van der Waals surface area contributed by atoms with E-state index in [-0.39, 0.29) is 0 Å². The molecule has 0 aromatic carbocycles. The molecule has 2 heterocycles. The van der Waals surface area contributed by atoms with Crippen LogP contribution in [-0.4, -0.2) is 35.1 Å². The fourth-order valence-corrected chi connectivity index (χ4v) is 2.33. The zero-order valence-electron chi connectivity index (χ0n) is 10.8. The highest BCUT2D eigenvalue weighted by molar-refractivity contribution is 5.37. The lowest BCUT2D eigenvalue weighted by Crippen LogP contribution is -2.47. The Morgan fingerprint density at radius 1 is 1.41 bits per heavy atom. The van der Waals surface area contributed by atoms with Crippen molar-refractivity contribution in [2.24, 2.45) is 0 Å². The number of nitrogens with one attached hydrogen (secondary N) is 1. The maximum atomic E-state index is 4.42. The zero-order chi connectivity index (χ0) is 12.1. The van der Waals surface area contributed by atoms with E-state index < -0.39 is 0 Å². The Bertz CT molecular complexity index is 325. The van der Waals surface area contributed by atoms with Crippen LogP contribution in [0.25, 0.3) is 0 Å². The molecule has 94 valence electrons. The van der Waals surface area contributed by atoms with Crippen molar-refractivity contribution in [2.75, 3.05) is 18.0 Å². The van der Waals surface area contributed by atoms with E-state index in [0.717, 1.165) is 18.9 Å². The minimum absolute atomic E-state index is 0.542. The molecule has 4 heteroatoms. The molecule has 0 aliphatic carbocycles. The Hall–Kier alpha value is -1.16. The van der Waals surface area contributed by atoms with Crippen LogP contribution in [-0.2, 0) is 0 Å². The third-order valence-corrected chi connectivity index (χ3v) is 3.23. The molecule has 1 atom stereocenters. The molecule has 1 aromatic heterocycles. The van der Waals surface area contributed by atoms with Crippen molar-refractivity contribution in [1.82, 2.24) is 15.3 Å². The second kappa shape index (κ2) is 5.96. The van der Waals surface area contributed by atoms with Crippen LogP contribution in [0.5, 0.6) is 0 Å². The van der Waals surface area contributed by atoms with E-state index >= 15 is 0 Å². The minimum Gasteiger partial charge on any atom is -0.351 e. The first kappa shape index (κ1) is 12.3. The van der Waals surface area contributed by atoms with Gasteiger partial charge in [0.1, 0.15) is 5.82 Å². The van der Waals surface area contributed by atoms with Gasteiger partial charge in [0, 0.05) is 37.6 Å². The van der Waals surface area contributed by atoms with Crippen molar-refractivity contribution in [1.29, 1.82) is 0 Å². The van der Waals surface area contributed by atoms with Gasteiger partial charge in [-0.2, -0.15) is 0 Å². The molecule has 1 N–H and O–H groups in total. The van der Waals surface area contributed by atoms with Gasteiger partial charge in [-0.25, -0.2) is 4.98 Å². The summed E-state index contributed by atoms with van der Waals surface area (Å²) in [7, 11) is 0. The van der Waals surface area contributed by atoms with Crippen molar-refractivity contribution in [3.8, 4) is 0 Å². The second-order valence-electron chi connectivity index (χ2n) is 4.97. The van der Waals surface area contributed by atoms with E-state index in [1.54, 1.807) is 12.4 Å². The average molecular weight is 234 g/mol. The van der Waals surface area contributed by atoms with Crippen molar-refractivity contribution >= 4 is 5.82 Å². The predicted molar refractivity (Wildman–Crippen MR) is 70.2 cm³/mol. The third kappa shape index (κ3) is 3.40. The van der Waals surface area contributed by atoms with Gasteiger partial charge in [0.05, 0.1) is 6.20 Å². The summed E-state index contributed by atoms with van der Waals surface area (Å²) < 4.78 is 0. The van der Waals surface area contributed by atoms with Crippen LogP contribution in [0.3, 0.4) is 0 Å². The minimum atomic E-state index is 0.542. The lowest BCUT2D eigenvalue weighted by atomic mass is 10.0. The Balaban J connectivity index is 2.02. The lowest BCUT2D eigenvalue weighted by Gasteiger charge is -2.37. The molecule has 0 saturated carbocycles. The number of piperidine rings is 1. The first-order valence-corrected chi connectivity index (χ1v) is 6.53. The van der Waals surface area contributed by atoms with Crippen molar-refractivity contribution in [2.45, 2.75) is 45.2 Å². The highest BCUT2D eigenvalue weighted by Gasteiger charge is 2.23. The SMILES string of the molecule is CC(C)NCC1CCCCN1c1cnccn1. The van der Waals surface area contributed by atoms with Gasteiger partial charge in [0.15, 0.2) is 0 Å². The molecule has 2 rings (SSSR count). The summed E-state index contributed by atoms with van der Waals surface area (Å²) in [5.41, 5.74) is 0. The maximum absolute atomic E-state index is 4.42. The topological polar surface area (TPSA) is 41.0 Å². The molecular formula is C13H22N4. The zero-order valence-corrected chi connectivity index (χ0v) is 10.8. The third-order valence-electron chi connectivity index (χ3n) is 3.23. The largest absolute Gasteiger partial charge is 0.351 e. The highest BCUT2D eigenvalue weighted by atomic mass is 15.2. The molecule has 1 fully saturated rings. The average Bonchev–Trinajstić information content (AvgIpc) is 2.38. The smallest absolute Gasteiger partial charge is 0.147 e. The van der Waals surface area contributed by atoms with Crippen LogP contribution in [0.1, 0.15) is 33.1 Å². The molecule has 1 saturated heterocycles. The fraction of sp³-hybridized carbons (Fsp3) is 0.692. The van der Waals surface area contributed by atoms with Crippen LogP contribution < -0.4 is 10.2 Å². The lowest BCUT2D eigenvalue weighted by molar-refractivity contribution is 0.418. The molecule has 1 aromatic rings. The summed E-state index contributed by atoms with van der Waals surface area (Å²) in [6, 6.07) is 1.10. The first-order chi connectivity index (χ1) is 8.27. The molecule has 4 nitrogen and oxygen atoms in total. The molecule has 1 aliphatic heterocycles. The Kier molecular flexibility index (Phi) is 4.31. The molecule has 0 bridgehead atoms. The van der Waals surface area contributed by atoms with Crippen LogP contribution in [0.4, 0.5) is 5.82 Å². The summed E-state index contributed by atoms with van der Waals surface area (Å²) in [4.78, 5) is 11.0. The molecule has 1 unspecified atom stereocenters. The van der Waals surface area contributed by atoms with Gasteiger partial charge in [-0.1, -0.05) is 13.8 Å². The van der Waals surface area contributed by atoms with Crippen LogP contribution in [0.15, 0.2) is 18.6 Å². The molecule has 0 spiro atoms. The van der Waals surface area contributed by atoms with Gasteiger partial charge < -0.3 is 10.2 Å². The number of nitrogens with zero attached hydrogens (tertiary/aromatic N) is 3. The maximum Gasteiger partial charge on any atom is 0.147 e. The molecule has 1 aliphatic rings. The van der Waals surface area contributed by atoms with Crippen molar-refractivity contribution in [3.63, 3.8) is 0 Å². The van der Waals surface area contributed by atoms with E-state index in [4.69, 9.17) is 0 Å². The molecule has 0 amide bonds. The number of hydrogen-bond donors (Lipinski definition) is 1. The van der Waals surface area contributed by atoms with Gasteiger partial charge in [-0.15, -0.1) is 0 Å². The summed E-state index contributed by atoms with van der Waals surface area (Å²) in [5, 5.41) is 3.53. The van der Waals surface area contributed by atoms with E-state index in [2.05, 4.69) is 34.0 Å². The molecule has 17 heavy (non-hydrogen) atoms. The Morgan fingerprint density at radius 2 is 2.29 bits per heavy atom. The summed E-state index contributed by atoms with van der Waals surface area (Å²) in [5.74, 6) is 1.02. The van der Waals surface area contributed by atoms with Gasteiger partial charge in [-0.05, 0) is 19.3 Å². The van der Waals surface area contributed by atoms with E-state index in [9.17, 15) is 0 Å². The quantitative estimate of drug-likeness (QED) is 0.863. The second-order valence-corrected chi connectivity index (χ2v) is 4.97. The van der Waals surface area contributed by atoms with E-state index in [1.165, 1.54) is 19.3 Å². The van der Waals surface area contributed by atoms with E-state index in [1.807, 2.05) is 6.20 Å². The predicted octanol–water partition coefficient (Wildman–Crippen LogP) is 1.83. The number of hydrogen-bond acceptors (Lipinski definition) is 4. The monoisotopic (exact) mass is 234 g/mol. The molecular weight excluding hydrogens is 212 g/mol. The normalized spacial score (nSPS) is 20.9. The number of rotatable bonds is 4. The van der Waals surface area contributed by atoms with Gasteiger partial charge in [0.2, 0.25) is 0 Å². The number of aromatic nitrogens is 2. The highest BCUT2D eigenvalue weighted by Crippen LogP contribution is 2.21. The van der Waals surface area contributed by atoms with Gasteiger partial charge >= 0.3 is 0 Å². The Morgan fingerprint density at radius 3 is 3.00 bits per heavy atom. The van der Waals surface area contributed by atoms with Crippen LogP contribution in [0.2, 0.25) is 0 Å². The van der Waals surface area contributed by atoms with Crippen LogP contribution in [0, 0.1) is 0 Å². The summed E-state index contributed by atoms with van der Waals surface area (Å²) in [6.45, 7) is 6.52. The Labute approximate surface area is 103 Å². The van der Waals surface area contributed by atoms with Crippen LogP contribution >= 0.6 is 0 Å². The first-order valence-electron chi connectivity index (χ1n) is 6.53. The van der Waals surface area contributed by atoms with Gasteiger partial charge in [0.25, 0.3) is 0 Å². The summed E-state index contributed by atoms with van der Waals surface area (Å²) in [6.07, 6.45) is 9.20. The van der Waals surface area contributed by atoms with Gasteiger partial charge in [-0.3, -0.25) is 4.98 Å². The molecule has 0 radical (unpaired) electrons. The van der Waals surface area contributed by atoms with E-state index in [0.29, 0.717) is 12.1 Å². The fourth-order valence-electron chi connectivity index (χ4n) is 2.33. The summed E-state index contributed by atoms with van der Waals surface area (Å²) >= 11 is 0. The van der Waals surface area contributed by atoms with Crippen molar-refractivity contribution < 1.29 is 0 Å². The number of anilines is 1. The standard InChI is InChI=1S/C13H22N4/c1-11(2)16-9-12-5-3-4-8-17(12)13-10-14-6-7-15-13/h6-7,10-12,16H,3-5,8-9H2,1-2H3. The van der Waals surface area contributed by atoms with Crippen molar-refractivity contribution in [3.05, 3.63) is 18.6 Å².